The number of benzene rings is 2. The van der Waals surface area contributed by atoms with Gasteiger partial charge in [0.05, 0.1) is 17.1 Å². The Hall–Kier alpha value is -2.68. The van der Waals surface area contributed by atoms with E-state index in [4.69, 9.17) is 23.2 Å². The maximum absolute atomic E-state index is 12.4. The van der Waals surface area contributed by atoms with Crippen molar-refractivity contribution in [1.29, 1.82) is 5.26 Å². The zero-order valence-corrected chi connectivity index (χ0v) is 14.4. The van der Waals surface area contributed by atoms with Gasteiger partial charge in [-0.25, -0.2) is 9.97 Å². The average Bonchev–Trinajstić information content (AvgIpc) is 2.62. The van der Waals surface area contributed by atoms with E-state index in [0.717, 1.165) is 5.56 Å². The van der Waals surface area contributed by atoms with Gasteiger partial charge in [0.1, 0.15) is 5.69 Å². The Bertz CT molecular complexity index is 967. The molecule has 25 heavy (non-hydrogen) atoms. The minimum absolute atomic E-state index is 0.0480. The van der Waals surface area contributed by atoms with E-state index in [-0.39, 0.29) is 17.4 Å². The van der Waals surface area contributed by atoms with Gasteiger partial charge in [-0.1, -0.05) is 47.5 Å². The van der Waals surface area contributed by atoms with Crippen LogP contribution in [0.15, 0.2) is 48.5 Å². The molecule has 2 aromatic carbocycles. The molecule has 0 aliphatic heterocycles. The largest absolute Gasteiger partial charge is 0.351 e. The zero-order valence-electron chi connectivity index (χ0n) is 12.9. The Labute approximate surface area is 154 Å². The smallest absolute Gasteiger partial charge is 0.243 e. The van der Waals surface area contributed by atoms with Crippen molar-refractivity contribution in [3.8, 4) is 6.07 Å². The van der Waals surface area contributed by atoms with Crippen molar-refractivity contribution in [3.05, 3.63) is 70.0 Å². The van der Waals surface area contributed by atoms with Crippen LogP contribution >= 0.6 is 23.2 Å². The van der Waals surface area contributed by atoms with E-state index in [0.29, 0.717) is 16.1 Å². The first-order chi connectivity index (χ1) is 12.1. The van der Waals surface area contributed by atoms with E-state index in [1.807, 2.05) is 12.1 Å². The summed E-state index contributed by atoms with van der Waals surface area (Å²) in [5.74, 6) is -1.62. The molecule has 1 unspecified atom stereocenters. The zero-order chi connectivity index (χ0) is 17.8. The van der Waals surface area contributed by atoms with Crippen LogP contribution in [0.3, 0.4) is 0 Å². The van der Waals surface area contributed by atoms with Crippen LogP contribution < -0.4 is 5.32 Å². The number of carbonyl (C=O) groups excluding carboxylic acids is 1. The van der Waals surface area contributed by atoms with Crippen LogP contribution in [0, 0.1) is 11.3 Å². The number of amides is 1. The minimum atomic E-state index is -1.14. The molecule has 0 aliphatic rings. The number of para-hydroxylation sites is 2. The van der Waals surface area contributed by atoms with Crippen molar-refractivity contribution < 1.29 is 4.79 Å². The number of carbonyl (C=O) groups is 1. The molecule has 1 aromatic heterocycles. The monoisotopic (exact) mass is 370 g/mol. The van der Waals surface area contributed by atoms with E-state index in [2.05, 4.69) is 15.3 Å². The number of hydrogen-bond acceptors (Lipinski definition) is 4. The highest BCUT2D eigenvalue weighted by Crippen LogP contribution is 2.24. The minimum Gasteiger partial charge on any atom is -0.351 e. The van der Waals surface area contributed by atoms with Gasteiger partial charge >= 0.3 is 0 Å². The summed E-state index contributed by atoms with van der Waals surface area (Å²) in [6.45, 7) is 0.271. The van der Waals surface area contributed by atoms with Crippen LogP contribution in [0.5, 0.6) is 0 Å². The first-order valence-corrected chi connectivity index (χ1v) is 8.18. The summed E-state index contributed by atoms with van der Waals surface area (Å²) in [4.78, 5) is 21.0. The third-order valence-corrected chi connectivity index (χ3v) is 4.13. The second kappa shape index (κ2) is 7.47. The SMILES string of the molecule is N#CC(C(=O)NCc1ccc(Cl)cc1)c1nc2ccccc2nc1Cl. The fraction of sp³-hybridized carbons (Fsp3) is 0.111. The molecular formula is C18H12Cl2N4O. The van der Waals surface area contributed by atoms with E-state index < -0.39 is 11.8 Å². The van der Waals surface area contributed by atoms with Crippen LogP contribution in [-0.2, 0) is 11.3 Å². The topological polar surface area (TPSA) is 78.7 Å². The second-order valence-corrected chi connectivity index (χ2v) is 6.09. The molecule has 3 aromatic rings. The predicted molar refractivity (Wildman–Crippen MR) is 96.2 cm³/mol. The quantitative estimate of drug-likeness (QED) is 0.755. The normalized spacial score (nSPS) is 11.7. The molecule has 124 valence electrons. The molecule has 0 fully saturated rings. The van der Waals surface area contributed by atoms with E-state index >= 15 is 0 Å². The molecule has 0 saturated heterocycles. The summed E-state index contributed by atoms with van der Waals surface area (Å²) in [6.07, 6.45) is 0. The van der Waals surface area contributed by atoms with E-state index in [9.17, 15) is 10.1 Å². The molecule has 1 amide bonds. The molecule has 0 radical (unpaired) electrons. The van der Waals surface area contributed by atoms with Gasteiger partial charge in [0.25, 0.3) is 0 Å². The van der Waals surface area contributed by atoms with Crippen LogP contribution in [0.1, 0.15) is 17.2 Å². The lowest BCUT2D eigenvalue weighted by molar-refractivity contribution is -0.121. The lowest BCUT2D eigenvalue weighted by Crippen LogP contribution is -2.29. The van der Waals surface area contributed by atoms with Crippen molar-refractivity contribution in [2.75, 3.05) is 0 Å². The van der Waals surface area contributed by atoms with Gasteiger partial charge in [-0.2, -0.15) is 5.26 Å². The first kappa shape index (κ1) is 17.2. The number of nitrogens with zero attached hydrogens (tertiary/aromatic N) is 3. The van der Waals surface area contributed by atoms with Crippen molar-refractivity contribution in [3.63, 3.8) is 0 Å². The van der Waals surface area contributed by atoms with Crippen molar-refractivity contribution in [2.24, 2.45) is 0 Å². The number of aromatic nitrogens is 2. The molecule has 0 bridgehead atoms. The molecule has 0 spiro atoms. The van der Waals surface area contributed by atoms with Gasteiger partial charge in [0.2, 0.25) is 5.91 Å². The molecule has 1 heterocycles. The molecule has 7 heteroatoms. The molecule has 3 rings (SSSR count). The number of nitriles is 1. The standard InChI is InChI=1S/C18H12Cl2N4O/c19-12-7-5-11(6-8-12)10-22-18(25)13(9-21)16-17(20)24-15-4-2-1-3-14(15)23-16/h1-8,13H,10H2,(H,22,25). The Balaban J connectivity index is 1.81. The van der Waals surface area contributed by atoms with Gasteiger partial charge in [-0.05, 0) is 29.8 Å². The summed E-state index contributed by atoms with van der Waals surface area (Å²) < 4.78 is 0. The molecule has 5 nitrogen and oxygen atoms in total. The van der Waals surface area contributed by atoms with Gasteiger partial charge in [0, 0.05) is 11.6 Å². The highest BCUT2D eigenvalue weighted by molar-refractivity contribution is 6.31. The lowest BCUT2D eigenvalue weighted by atomic mass is 10.1. The predicted octanol–water partition coefficient (Wildman–Crippen LogP) is 3.86. The summed E-state index contributed by atoms with van der Waals surface area (Å²) in [5, 5.41) is 12.8. The van der Waals surface area contributed by atoms with Crippen molar-refractivity contribution >= 4 is 40.1 Å². The van der Waals surface area contributed by atoms with Crippen molar-refractivity contribution in [1.82, 2.24) is 15.3 Å². The number of nitrogens with one attached hydrogen (secondary N) is 1. The maximum atomic E-state index is 12.4. The average molecular weight is 371 g/mol. The van der Waals surface area contributed by atoms with Gasteiger partial charge in [-0.15, -0.1) is 0 Å². The highest BCUT2D eigenvalue weighted by atomic mass is 35.5. The van der Waals surface area contributed by atoms with Crippen LogP contribution in [0.25, 0.3) is 11.0 Å². The third-order valence-electron chi connectivity index (χ3n) is 3.60. The number of fused-ring (bicyclic) bond motifs is 1. The Kier molecular flexibility index (Phi) is 5.13. The molecule has 0 saturated carbocycles. The van der Waals surface area contributed by atoms with Crippen LogP contribution in [0.2, 0.25) is 10.2 Å². The van der Waals surface area contributed by atoms with Crippen LogP contribution in [0.4, 0.5) is 0 Å². The third kappa shape index (κ3) is 3.87. The van der Waals surface area contributed by atoms with Gasteiger partial charge in [-0.3, -0.25) is 4.79 Å². The summed E-state index contributed by atoms with van der Waals surface area (Å²) in [6, 6.07) is 16.1. The van der Waals surface area contributed by atoms with Gasteiger partial charge in [0.15, 0.2) is 11.1 Å². The summed E-state index contributed by atoms with van der Waals surface area (Å²) in [5.41, 5.74) is 2.20. The fourth-order valence-corrected chi connectivity index (χ4v) is 2.68. The first-order valence-electron chi connectivity index (χ1n) is 7.42. The van der Waals surface area contributed by atoms with E-state index in [1.54, 1.807) is 42.5 Å². The van der Waals surface area contributed by atoms with Gasteiger partial charge < -0.3 is 5.32 Å². The Morgan fingerprint density at radius 3 is 2.36 bits per heavy atom. The number of rotatable bonds is 4. The lowest BCUT2D eigenvalue weighted by Gasteiger charge is -2.12. The highest BCUT2D eigenvalue weighted by Gasteiger charge is 2.25. The Morgan fingerprint density at radius 2 is 1.72 bits per heavy atom. The van der Waals surface area contributed by atoms with E-state index in [1.165, 1.54) is 0 Å². The van der Waals surface area contributed by atoms with Crippen LogP contribution in [-0.4, -0.2) is 15.9 Å². The fourth-order valence-electron chi connectivity index (χ4n) is 2.31. The summed E-state index contributed by atoms with van der Waals surface area (Å²) >= 11 is 12.0. The number of hydrogen-bond donors (Lipinski definition) is 1. The molecular weight excluding hydrogens is 359 g/mol. The summed E-state index contributed by atoms with van der Waals surface area (Å²) in [7, 11) is 0. The number of halogens is 2. The van der Waals surface area contributed by atoms with Crippen molar-refractivity contribution in [2.45, 2.75) is 12.5 Å². The molecule has 1 N–H and O–H groups in total. The maximum Gasteiger partial charge on any atom is 0.243 e. The molecule has 1 atom stereocenters. The second-order valence-electron chi connectivity index (χ2n) is 5.29. The molecule has 0 aliphatic carbocycles. The Morgan fingerprint density at radius 1 is 1.08 bits per heavy atom.